The van der Waals surface area contributed by atoms with Crippen LogP contribution in [-0.2, 0) is 9.53 Å². The Morgan fingerprint density at radius 3 is 3.14 bits per heavy atom. The van der Waals surface area contributed by atoms with Gasteiger partial charge >= 0.3 is 0 Å². The number of carbonyl (C=O) groups is 1. The number of rotatable bonds is 5. The summed E-state index contributed by atoms with van der Waals surface area (Å²) in [6.07, 6.45) is 3.44. The van der Waals surface area contributed by atoms with Crippen molar-refractivity contribution in [3.63, 3.8) is 0 Å². The Bertz CT molecular complexity index is 272. The van der Waals surface area contributed by atoms with E-state index in [2.05, 4.69) is 15.5 Å². The summed E-state index contributed by atoms with van der Waals surface area (Å²) in [5, 5.41) is 9.29. The fraction of sp³-hybridized carbons (Fsp3) is 0.556. The number of hydrogen-bond donors (Lipinski definition) is 2. The van der Waals surface area contributed by atoms with Gasteiger partial charge in [0.05, 0.1) is 12.2 Å². The predicted octanol–water partition coefficient (Wildman–Crippen LogP) is 0.623. The van der Waals surface area contributed by atoms with Crippen LogP contribution in [0.5, 0.6) is 0 Å². The Labute approximate surface area is 82.8 Å². The Balaban J connectivity index is 2.33. The number of nitrogens with zero attached hydrogens (tertiary/aromatic N) is 1. The second-order valence-electron chi connectivity index (χ2n) is 2.96. The van der Waals surface area contributed by atoms with Gasteiger partial charge in [-0.05, 0) is 13.8 Å². The van der Waals surface area contributed by atoms with Gasteiger partial charge in [-0.2, -0.15) is 5.10 Å². The normalized spacial score (nSPS) is 12.4. The molecule has 0 aliphatic rings. The summed E-state index contributed by atoms with van der Waals surface area (Å²) < 4.78 is 4.98. The van der Waals surface area contributed by atoms with Crippen molar-refractivity contribution >= 4 is 5.91 Å². The maximum absolute atomic E-state index is 11.2. The summed E-state index contributed by atoms with van der Waals surface area (Å²) in [6, 6.07) is -0.0401. The molecular formula is C9H15N3O2. The van der Waals surface area contributed by atoms with Crippen molar-refractivity contribution < 1.29 is 9.53 Å². The van der Waals surface area contributed by atoms with E-state index in [0.29, 0.717) is 6.61 Å². The molecule has 0 aromatic carbocycles. The van der Waals surface area contributed by atoms with Crippen LogP contribution in [0.1, 0.15) is 25.5 Å². The highest BCUT2D eigenvalue weighted by Gasteiger charge is 2.09. The van der Waals surface area contributed by atoms with Gasteiger partial charge < -0.3 is 10.1 Å². The zero-order chi connectivity index (χ0) is 10.4. The van der Waals surface area contributed by atoms with Crippen molar-refractivity contribution in [2.24, 2.45) is 0 Å². The first-order valence-corrected chi connectivity index (χ1v) is 4.59. The quantitative estimate of drug-likeness (QED) is 0.727. The van der Waals surface area contributed by atoms with Crippen molar-refractivity contribution in [2.75, 3.05) is 13.2 Å². The van der Waals surface area contributed by atoms with E-state index in [9.17, 15) is 4.79 Å². The van der Waals surface area contributed by atoms with Gasteiger partial charge in [-0.3, -0.25) is 9.89 Å². The first-order chi connectivity index (χ1) is 6.74. The number of carbonyl (C=O) groups excluding carboxylic acids is 1. The third kappa shape index (κ3) is 3.18. The maximum Gasteiger partial charge on any atom is 0.246 e. The Morgan fingerprint density at radius 1 is 1.79 bits per heavy atom. The van der Waals surface area contributed by atoms with Gasteiger partial charge in [-0.15, -0.1) is 0 Å². The average molecular weight is 197 g/mol. The van der Waals surface area contributed by atoms with Crippen LogP contribution in [0.2, 0.25) is 0 Å². The lowest BCUT2D eigenvalue weighted by atomic mass is 10.2. The molecule has 0 bridgehead atoms. The second kappa shape index (κ2) is 5.39. The van der Waals surface area contributed by atoms with E-state index in [4.69, 9.17) is 4.74 Å². The molecule has 0 saturated heterocycles. The molecule has 1 heterocycles. The van der Waals surface area contributed by atoms with Gasteiger partial charge in [0.15, 0.2) is 0 Å². The molecule has 14 heavy (non-hydrogen) atoms. The minimum absolute atomic E-state index is 0.0401. The zero-order valence-corrected chi connectivity index (χ0v) is 8.41. The van der Waals surface area contributed by atoms with Crippen LogP contribution in [0.15, 0.2) is 12.4 Å². The summed E-state index contributed by atoms with van der Waals surface area (Å²) in [4.78, 5) is 11.2. The van der Waals surface area contributed by atoms with Gasteiger partial charge in [0.25, 0.3) is 0 Å². The first-order valence-electron chi connectivity index (χ1n) is 4.59. The van der Waals surface area contributed by atoms with Crippen LogP contribution in [-0.4, -0.2) is 29.3 Å². The smallest absolute Gasteiger partial charge is 0.246 e. The van der Waals surface area contributed by atoms with Crippen LogP contribution in [0.3, 0.4) is 0 Å². The van der Waals surface area contributed by atoms with Gasteiger partial charge in [0.2, 0.25) is 5.91 Å². The first kappa shape index (κ1) is 10.7. The molecule has 1 amide bonds. The number of ether oxygens (including phenoxy) is 1. The Kier molecular flexibility index (Phi) is 4.12. The number of aromatic amines is 1. The molecule has 0 aliphatic carbocycles. The van der Waals surface area contributed by atoms with Crippen molar-refractivity contribution in [2.45, 2.75) is 19.9 Å². The fourth-order valence-corrected chi connectivity index (χ4v) is 1.06. The van der Waals surface area contributed by atoms with Crippen LogP contribution in [0, 0.1) is 0 Å². The number of amides is 1. The van der Waals surface area contributed by atoms with Crippen LogP contribution >= 0.6 is 0 Å². The van der Waals surface area contributed by atoms with Crippen molar-refractivity contribution in [1.29, 1.82) is 0 Å². The van der Waals surface area contributed by atoms with Crippen molar-refractivity contribution in [1.82, 2.24) is 15.5 Å². The monoisotopic (exact) mass is 197 g/mol. The Morgan fingerprint density at radius 2 is 2.57 bits per heavy atom. The molecule has 0 aliphatic heterocycles. The maximum atomic E-state index is 11.2. The van der Waals surface area contributed by atoms with E-state index in [1.54, 1.807) is 12.4 Å². The van der Waals surface area contributed by atoms with Gasteiger partial charge in [-0.25, -0.2) is 0 Å². The largest absolute Gasteiger partial charge is 0.372 e. The zero-order valence-electron chi connectivity index (χ0n) is 8.41. The SMILES string of the molecule is CCOCC(=O)NC(C)c1cn[nH]c1. The minimum atomic E-state index is -0.111. The lowest BCUT2D eigenvalue weighted by molar-refractivity contribution is -0.126. The van der Waals surface area contributed by atoms with E-state index in [1.165, 1.54) is 0 Å². The fourth-order valence-electron chi connectivity index (χ4n) is 1.06. The molecule has 2 N–H and O–H groups in total. The molecule has 5 nitrogen and oxygen atoms in total. The number of nitrogens with one attached hydrogen (secondary N) is 2. The highest BCUT2D eigenvalue weighted by Crippen LogP contribution is 2.08. The highest BCUT2D eigenvalue weighted by molar-refractivity contribution is 5.77. The lowest BCUT2D eigenvalue weighted by Crippen LogP contribution is -2.30. The molecule has 5 heteroatoms. The lowest BCUT2D eigenvalue weighted by Gasteiger charge is -2.11. The number of H-pyrrole nitrogens is 1. The molecule has 0 spiro atoms. The topological polar surface area (TPSA) is 67.0 Å². The van der Waals surface area contributed by atoms with E-state index in [0.717, 1.165) is 5.56 Å². The van der Waals surface area contributed by atoms with Gasteiger partial charge in [0.1, 0.15) is 6.61 Å². The molecule has 0 saturated carbocycles. The third-order valence-electron chi connectivity index (χ3n) is 1.83. The third-order valence-corrected chi connectivity index (χ3v) is 1.83. The number of aromatic nitrogens is 2. The standard InChI is InChI=1S/C9H15N3O2/c1-3-14-6-9(13)12-7(2)8-4-10-11-5-8/h4-5,7H,3,6H2,1-2H3,(H,10,11)(H,12,13). The second-order valence-corrected chi connectivity index (χ2v) is 2.96. The molecule has 1 aromatic rings. The summed E-state index contributed by atoms with van der Waals surface area (Å²) in [5.41, 5.74) is 0.954. The minimum Gasteiger partial charge on any atom is -0.372 e. The van der Waals surface area contributed by atoms with Crippen LogP contribution < -0.4 is 5.32 Å². The molecule has 1 unspecified atom stereocenters. The summed E-state index contributed by atoms with van der Waals surface area (Å²) in [6.45, 7) is 4.41. The summed E-state index contributed by atoms with van der Waals surface area (Å²) in [5.74, 6) is -0.111. The molecular weight excluding hydrogens is 182 g/mol. The van der Waals surface area contributed by atoms with E-state index in [-0.39, 0.29) is 18.6 Å². The molecule has 0 fully saturated rings. The Hall–Kier alpha value is -1.36. The average Bonchev–Trinajstić information content (AvgIpc) is 2.67. The van der Waals surface area contributed by atoms with Crippen molar-refractivity contribution in [3.8, 4) is 0 Å². The summed E-state index contributed by atoms with van der Waals surface area (Å²) >= 11 is 0. The predicted molar refractivity (Wildman–Crippen MR) is 51.6 cm³/mol. The van der Waals surface area contributed by atoms with E-state index < -0.39 is 0 Å². The molecule has 78 valence electrons. The van der Waals surface area contributed by atoms with Crippen molar-refractivity contribution in [3.05, 3.63) is 18.0 Å². The van der Waals surface area contributed by atoms with E-state index in [1.807, 2.05) is 13.8 Å². The molecule has 0 radical (unpaired) electrons. The van der Waals surface area contributed by atoms with Crippen LogP contribution in [0.4, 0.5) is 0 Å². The van der Waals surface area contributed by atoms with Crippen LogP contribution in [0.25, 0.3) is 0 Å². The number of hydrogen-bond acceptors (Lipinski definition) is 3. The van der Waals surface area contributed by atoms with E-state index >= 15 is 0 Å². The summed E-state index contributed by atoms with van der Waals surface area (Å²) in [7, 11) is 0. The van der Waals surface area contributed by atoms with Gasteiger partial charge in [-0.1, -0.05) is 0 Å². The molecule has 1 atom stereocenters. The highest BCUT2D eigenvalue weighted by atomic mass is 16.5. The molecule has 1 rings (SSSR count). The molecule has 1 aromatic heterocycles. The van der Waals surface area contributed by atoms with Gasteiger partial charge in [0, 0.05) is 18.4 Å².